The molecule has 0 aromatic carbocycles. The first-order valence-corrected chi connectivity index (χ1v) is 7.82. The lowest BCUT2D eigenvalue weighted by Gasteiger charge is -2.29. The predicted molar refractivity (Wildman–Crippen MR) is 90.1 cm³/mol. The molecule has 2 N–H and O–H groups in total. The Labute approximate surface area is 134 Å². The van der Waals surface area contributed by atoms with Crippen LogP contribution >= 0.6 is 12.4 Å². The monoisotopic (exact) mass is 310 g/mol. The van der Waals surface area contributed by atoms with Crippen LogP contribution in [0.15, 0.2) is 24.4 Å². The summed E-state index contributed by atoms with van der Waals surface area (Å²) in [6.45, 7) is 9.57. The Balaban J connectivity index is 0.00000161. The molecule has 3 rings (SSSR count). The number of pyridine rings is 1. The van der Waals surface area contributed by atoms with Gasteiger partial charge in [-0.2, -0.15) is 0 Å². The average Bonchev–Trinajstić information content (AvgIpc) is 3.07. The van der Waals surface area contributed by atoms with E-state index in [1.54, 1.807) is 0 Å². The molecule has 0 aliphatic carbocycles. The van der Waals surface area contributed by atoms with Crippen LogP contribution in [0.5, 0.6) is 0 Å². The molecule has 0 amide bonds. The van der Waals surface area contributed by atoms with Gasteiger partial charge in [-0.3, -0.25) is 0 Å². The highest BCUT2D eigenvalue weighted by Gasteiger charge is 2.33. The molecule has 118 valence electrons. The number of rotatable bonds is 5. The lowest BCUT2D eigenvalue weighted by atomic mass is 9.89. The van der Waals surface area contributed by atoms with E-state index in [2.05, 4.69) is 27.4 Å². The van der Waals surface area contributed by atoms with Gasteiger partial charge in [0.1, 0.15) is 5.82 Å². The summed E-state index contributed by atoms with van der Waals surface area (Å²) in [5, 5.41) is 6.96. The Bertz CT molecular complexity index is 420. The second-order valence-corrected chi connectivity index (χ2v) is 6.72. The first-order valence-electron chi connectivity index (χ1n) is 7.82. The van der Waals surface area contributed by atoms with Crippen molar-refractivity contribution in [3.8, 4) is 0 Å². The summed E-state index contributed by atoms with van der Waals surface area (Å²) in [5.41, 5.74) is 0.489. The summed E-state index contributed by atoms with van der Waals surface area (Å²) in [5.74, 6) is 1.76. The van der Waals surface area contributed by atoms with Crippen molar-refractivity contribution < 1.29 is 0 Å². The van der Waals surface area contributed by atoms with Crippen molar-refractivity contribution in [1.29, 1.82) is 0 Å². The van der Waals surface area contributed by atoms with Gasteiger partial charge in [-0.05, 0) is 49.4 Å². The number of anilines is 1. The van der Waals surface area contributed by atoms with Crippen LogP contribution in [0.1, 0.15) is 19.8 Å². The SMILES string of the molecule is CC1(CN2CCC(CNc3ccccn3)C2)CCNC1.Cl. The van der Waals surface area contributed by atoms with E-state index >= 15 is 0 Å². The number of halogens is 1. The fraction of sp³-hybridized carbons (Fsp3) is 0.688. The first kappa shape index (κ1) is 16.5. The van der Waals surface area contributed by atoms with Crippen molar-refractivity contribution in [2.45, 2.75) is 19.8 Å². The molecule has 1 aromatic heterocycles. The molecule has 2 aliphatic rings. The topological polar surface area (TPSA) is 40.2 Å². The maximum Gasteiger partial charge on any atom is 0.125 e. The Morgan fingerprint density at radius 3 is 3.10 bits per heavy atom. The third-order valence-electron chi connectivity index (χ3n) is 4.67. The van der Waals surface area contributed by atoms with Gasteiger partial charge in [-0.25, -0.2) is 4.98 Å². The highest BCUT2D eigenvalue weighted by Crippen LogP contribution is 2.28. The van der Waals surface area contributed by atoms with Crippen molar-refractivity contribution in [2.75, 3.05) is 44.6 Å². The van der Waals surface area contributed by atoms with Crippen LogP contribution in [0.2, 0.25) is 0 Å². The van der Waals surface area contributed by atoms with Crippen molar-refractivity contribution >= 4 is 18.2 Å². The zero-order chi connectivity index (χ0) is 13.8. The summed E-state index contributed by atoms with van der Waals surface area (Å²) >= 11 is 0. The van der Waals surface area contributed by atoms with Gasteiger partial charge in [0.25, 0.3) is 0 Å². The summed E-state index contributed by atoms with van der Waals surface area (Å²) in [4.78, 5) is 6.97. The number of nitrogens with one attached hydrogen (secondary N) is 2. The number of hydrogen-bond donors (Lipinski definition) is 2. The van der Waals surface area contributed by atoms with Gasteiger partial charge in [0.05, 0.1) is 0 Å². The number of likely N-dealkylation sites (tertiary alicyclic amines) is 1. The van der Waals surface area contributed by atoms with Gasteiger partial charge in [0, 0.05) is 32.4 Å². The molecule has 4 nitrogen and oxygen atoms in total. The molecule has 1 aromatic rings. The molecule has 0 bridgehead atoms. The van der Waals surface area contributed by atoms with Gasteiger partial charge < -0.3 is 15.5 Å². The average molecular weight is 311 g/mol. The molecule has 2 saturated heterocycles. The quantitative estimate of drug-likeness (QED) is 0.875. The van der Waals surface area contributed by atoms with E-state index in [9.17, 15) is 0 Å². The molecule has 3 heterocycles. The van der Waals surface area contributed by atoms with Crippen molar-refractivity contribution in [3.05, 3.63) is 24.4 Å². The molecule has 2 aliphatic heterocycles. The normalized spacial score (nSPS) is 29.3. The van der Waals surface area contributed by atoms with Crippen molar-refractivity contribution in [2.24, 2.45) is 11.3 Å². The van der Waals surface area contributed by atoms with Crippen LogP contribution in [0.3, 0.4) is 0 Å². The summed E-state index contributed by atoms with van der Waals surface area (Å²) < 4.78 is 0. The third kappa shape index (κ3) is 4.56. The Hall–Kier alpha value is -0.840. The summed E-state index contributed by atoms with van der Waals surface area (Å²) in [6.07, 6.45) is 4.47. The summed E-state index contributed by atoms with van der Waals surface area (Å²) in [7, 11) is 0. The highest BCUT2D eigenvalue weighted by molar-refractivity contribution is 5.85. The zero-order valence-corrected chi connectivity index (χ0v) is 13.7. The first-order chi connectivity index (χ1) is 9.73. The Morgan fingerprint density at radius 1 is 1.48 bits per heavy atom. The standard InChI is InChI=1S/C16H26N4.ClH/c1-16(6-8-17-12-16)13-20-9-5-14(11-20)10-19-15-4-2-3-7-18-15;/h2-4,7,14,17H,5-6,8-13H2,1H3,(H,18,19);1H. The van der Waals surface area contributed by atoms with Crippen LogP contribution < -0.4 is 10.6 Å². The smallest absolute Gasteiger partial charge is 0.125 e. The largest absolute Gasteiger partial charge is 0.370 e. The molecule has 0 saturated carbocycles. The highest BCUT2D eigenvalue weighted by atomic mass is 35.5. The third-order valence-corrected chi connectivity index (χ3v) is 4.67. The van der Waals surface area contributed by atoms with Crippen LogP contribution in [0, 0.1) is 11.3 Å². The van der Waals surface area contributed by atoms with E-state index in [1.165, 1.54) is 45.6 Å². The molecule has 0 radical (unpaired) electrons. The summed E-state index contributed by atoms with van der Waals surface area (Å²) in [6, 6.07) is 6.03. The molecular weight excluding hydrogens is 284 g/mol. The molecule has 0 spiro atoms. The van der Waals surface area contributed by atoms with Gasteiger partial charge in [-0.15, -0.1) is 12.4 Å². The predicted octanol–water partition coefficient (Wildman–Crippen LogP) is 2.24. The minimum Gasteiger partial charge on any atom is -0.370 e. The lowest BCUT2D eigenvalue weighted by Crippen LogP contribution is -2.36. The van der Waals surface area contributed by atoms with Gasteiger partial charge in [0.15, 0.2) is 0 Å². The van der Waals surface area contributed by atoms with Crippen LogP contribution in [0.4, 0.5) is 5.82 Å². The number of aromatic nitrogens is 1. The Morgan fingerprint density at radius 2 is 2.38 bits per heavy atom. The van der Waals surface area contributed by atoms with E-state index in [0.29, 0.717) is 5.41 Å². The van der Waals surface area contributed by atoms with Gasteiger partial charge in [0.2, 0.25) is 0 Å². The fourth-order valence-electron chi connectivity index (χ4n) is 3.48. The molecule has 21 heavy (non-hydrogen) atoms. The molecule has 2 atom stereocenters. The van der Waals surface area contributed by atoms with Crippen LogP contribution in [0.25, 0.3) is 0 Å². The second kappa shape index (κ2) is 7.43. The zero-order valence-electron chi connectivity index (χ0n) is 12.8. The van der Waals surface area contributed by atoms with E-state index in [-0.39, 0.29) is 12.4 Å². The molecule has 2 unspecified atom stereocenters. The maximum atomic E-state index is 4.32. The number of nitrogens with zero attached hydrogens (tertiary/aromatic N) is 2. The van der Waals surface area contributed by atoms with Crippen LogP contribution in [-0.2, 0) is 0 Å². The van der Waals surface area contributed by atoms with Crippen molar-refractivity contribution in [3.63, 3.8) is 0 Å². The van der Waals surface area contributed by atoms with Crippen LogP contribution in [-0.4, -0.2) is 49.2 Å². The maximum absolute atomic E-state index is 4.32. The second-order valence-electron chi connectivity index (χ2n) is 6.72. The van der Waals surface area contributed by atoms with Gasteiger partial charge in [-0.1, -0.05) is 13.0 Å². The van der Waals surface area contributed by atoms with E-state index in [0.717, 1.165) is 18.3 Å². The van der Waals surface area contributed by atoms with Crippen molar-refractivity contribution in [1.82, 2.24) is 15.2 Å². The number of hydrogen-bond acceptors (Lipinski definition) is 4. The van der Waals surface area contributed by atoms with E-state index < -0.39 is 0 Å². The molecule has 2 fully saturated rings. The lowest BCUT2D eigenvalue weighted by molar-refractivity contribution is 0.204. The van der Waals surface area contributed by atoms with Gasteiger partial charge >= 0.3 is 0 Å². The fourth-order valence-corrected chi connectivity index (χ4v) is 3.48. The Kier molecular flexibility index (Phi) is 5.85. The van der Waals surface area contributed by atoms with E-state index in [1.807, 2.05) is 24.4 Å². The minimum absolute atomic E-state index is 0. The minimum atomic E-state index is 0. The molecular formula is C16H27ClN4. The van der Waals surface area contributed by atoms with E-state index in [4.69, 9.17) is 0 Å². The molecule has 5 heteroatoms.